The van der Waals surface area contributed by atoms with Gasteiger partial charge in [0.15, 0.2) is 0 Å². The fourth-order valence-corrected chi connectivity index (χ4v) is 4.51. The molecule has 0 aliphatic carbocycles. The Hall–Kier alpha value is 0.330. The summed E-state index contributed by atoms with van der Waals surface area (Å²) in [6.45, 7) is 2.98. The zero-order valence-corrected chi connectivity index (χ0v) is 16.7. The van der Waals surface area contributed by atoms with Crippen LogP contribution >= 0.6 is 63.7 Å². The second-order valence-corrected chi connectivity index (χ2v) is 7.41. The average Bonchev–Trinajstić information content (AvgIpc) is 2.67. The molecule has 2 unspecified atom stereocenters. The third-order valence-electron chi connectivity index (χ3n) is 2.86. The van der Waals surface area contributed by atoms with E-state index in [4.69, 9.17) is 0 Å². The summed E-state index contributed by atoms with van der Waals surface area (Å²) in [5, 5.41) is 19.8. The summed E-state index contributed by atoms with van der Waals surface area (Å²) in [5.41, 5.74) is 0.497. The average molecular weight is 538 g/mol. The lowest BCUT2D eigenvalue weighted by atomic mass is 10.3. The highest BCUT2D eigenvalue weighted by atomic mass is 79.9. The van der Waals surface area contributed by atoms with Crippen molar-refractivity contribution in [2.24, 2.45) is 0 Å². The molecule has 2 aromatic rings. The number of fused-ring (bicyclic) bond motifs is 1. The summed E-state index contributed by atoms with van der Waals surface area (Å²) in [7, 11) is 0. The van der Waals surface area contributed by atoms with Gasteiger partial charge in [-0.25, -0.2) is 4.79 Å². The molecule has 0 spiro atoms. The number of imidazole rings is 1. The van der Waals surface area contributed by atoms with Crippen molar-refractivity contribution in [1.29, 1.82) is 0 Å². The van der Waals surface area contributed by atoms with E-state index >= 15 is 0 Å². The Kier molecular flexibility index (Phi) is 4.88. The lowest BCUT2D eigenvalue weighted by Crippen LogP contribution is -2.28. The van der Waals surface area contributed by atoms with E-state index in [1.165, 1.54) is 23.0 Å². The van der Waals surface area contributed by atoms with Crippen LogP contribution in [0.5, 0.6) is 0 Å². The minimum Gasteiger partial charge on any atom is -0.373 e. The minimum absolute atomic E-state index is 0.489. The minimum atomic E-state index is -1.03. The van der Waals surface area contributed by atoms with E-state index in [0.29, 0.717) is 28.9 Å². The molecule has 0 fully saturated rings. The second kappa shape index (κ2) is 5.85. The fourth-order valence-electron chi connectivity index (χ4n) is 2.05. The summed E-state index contributed by atoms with van der Waals surface area (Å²) in [4.78, 5) is 12.4. The lowest BCUT2D eigenvalue weighted by molar-refractivity contribution is 0.106. The molecule has 2 N–H and O–H groups in total. The Morgan fingerprint density at radius 2 is 1.10 bits per heavy atom. The normalized spacial score (nSPS) is 14.8. The van der Waals surface area contributed by atoms with Crippen molar-refractivity contribution in [2.75, 3.05) is 0 Å². The van der Waals surface area contributed by atoms with Gasteiger partial charge in [0.1, 0.15) is 12.5 Å². The third kappa shape index (κ3) is 2.36. The smallest absolute Gasteiger partial charge is 0.333 e. The SMILES string of the molecule is CC(O)n1c(=O)n(C(C)O)c2c(Br)c(Br)c(Br)c(Br)c21. The predicted molar refractivity (Wildman–Crippen MR) is 90.9 cm³/mol. The van der Waals surface area contributed by atoms with Gasteiger partial charge in [0.05, 0.1) is 20.0 Å². The molecule has 9 heteroatoms. The van der Waals surface area contributed by atoms with E-state index in [2.05, 4.69) is 63.7 Å². The molecule has 0 aliphatic heterocycles. The summed E-state index contributed by atoms with van der Waals surface area (Å²) in [6, 6.07) is 0. The number of aliphatic hydroxyl groups is 2. The molecule has 0 radical (unpaired) electrons. The maximum Gasteiger partial charge on any atom is 0.333 e. The van der Waals surface area contributed by atoms with Gasteiger partial charge in [-0.3, -0.25) is 9.13 Å². The van der Waals surface area contributed by atoms with Crippen LogP contribution in [-0.2, 0) is 0 Å². The van der Waals surface area contributed by atoms with E-state index in [1.807, 2.05) is 0 Å². The van der Waals surface area contributed by atoms with Gasteiger partial charge in [0.25, 0.3) is 0 Å². The van der Waals surface area contributed by atoms with Crippen molar-refractivity contribution in [3.8, 4) is 0 Å². The first-order valence-electron chi connectivity index (χ1n) is 5.54. The number of rotatable bonds is 2. The van der Waals surface area contributed by atoms with Gasteiger partial charge >= 0.3 is 5.69 Å². The van der Waals surface area contributed by atoms with Gasteiger partial charge in [0.2, 0.25) is 0 Å². The second-order valence-electron chi connectivity index (χ2n) is 4.24. The van der Waals surface area contributed by atoms with Crippen molar-refractivity contribution >= 4 is 74.8 Å². The van der Waals surface area contributed by atoms with Gasteiger partial charge in [-0.05, 0) is 77.6 Å². The quantitative estimate of drug-likeness (QED) is 0.451. The van der Waals surface area contributed by atoms with Crippen molar-refractivity contribution in [2.45, 2.75) is 26.3 Å². The van der Waals surface area contributed by atoms with Crippen LogP contribution < -0.4 is 5.69 Å². The Morgan fingerprint density at radius 1 is 0.800 bits per heavy atom. The van der Waals surface area contributed by atoms with Crippen LogP contribution in [-0.4, -0.2) is 19.3 Å². The first kappa shape index (κ1) is 16.7. The first-order chi connectivity index (χ1) is 9.20. The maximum atomic E-state index is 12.4. The molecule has 5 nitrogen and oxygen atoms in total. The topological polar surface area (TPSA) is 67.4 Å². The standard InChI is InChI=1S/C11H10Br4N2O3/c1-3(18)16-9-7(14)5(12)6(13)8(15)10(9)17(4(2)19)11(16)20/h3-4,18-19H,1-2H3. The van der Waals surface area contributed by atoms with E-state index in [-0.39, 0.29) is 0 Å². The number of aliphatic hydroxyl groups excluding tert-OH is 2. The molecule has 1 heterocycles. The molecule has 0 saturated heterocycles. The molecule has 20 heavy (non-hydrogen) atoms. The molecule has 0 saturated carbocycles. The monoisotopic (exact) mass is 534 g/mol. The maximum absolute atomic E-state index is 12.4. The number of hydrogen-bond donors (Lipinski definition) is 2. The van der Waals surface area contributed by atoms with Crippen LogP contribution in [0.25, 0.3) is 11.0 Å². The van der Waals surface area contributed by atoms with Gasteiger partial charge in [0, 0.05) is 8.95 Å². The molecular formula is C11H10Br4N2O3. The number of aromatic nitrogens is 2. The highest BCUT2D eigenvalue weighted by molar-refractivity contribution is 9.15. The molecule has 110 valence electrons. The molecule has 2 rings (SSSR count). The number of hydrogen-bond acceptors (Lipinski definition) is 3. The van der Waals surface area contributed by atoms with Crippen LogP contribution in [0.3, 0.4) is 0 Å². The van der Waals surface area contributed by atoms with Crippen LogP contribution in [0.15, 0.2) is 22.7 Å². The van der Waals surface area contributed by atoms with E-state index < -0.39 is 18.1 Å². The van der Waals surface area contributed by atoms with Crippen LogP contribution in [0.1, 0.15) is 26.3 Å². The third-order valence-corrected chi connectivity index (χ3v) is 7.59. The molecule has 0 bridgehead atoms. The largest absolute Gasteiger partial charge is 0.373 e. The van der Waals surface area contributed by atoms with Crippen LogP contribution in [0.2, 0.25) is 0 Å². The Bertz CT molecular complexity index is 689. The lowest BCUT2D eigenvalue weighted by Gasteiger charge is -2.11. The zero-order valence-electron chi connectivity index (χ0n) is 10.4. The predicted octanol–water partition coefficient (Wildman–Crippen LogP) is 3.87. The molecule has 0 aliphatic rings. The Balaban J connectivity index is 3.18. The van der Waals surface area contributed by atoms with Gasteiger partial charge in [-0.2, -0.15) is 0 Å². The van der Waals surface area contributed by atoms with Crippen molar-refractivity contribution < 1.29 is 10.2 Å². The highest BCUT2D eigenvalue weighted by Crippen LogP contribution is 2.44. The molecular weight excluding hydrogens is 528 g/mol. The van der Waals surface area contributed by atoms with E-state index in [9.17, 15) is 15.0 Å². The summed E-state index contributed by atoms with van der Waals surface area (Å²) >= 11 is 13.7. The first-order valence-corrected chi connectivity index (χ1v) is 8.71. The zero-order chi connectivity index (χ0) is 15.4. The number of benzene rings is 1. The summed E-state index contributed by atoms with van der Waals surface area (Å²) < 4.78 is 5.06. The van der Waals surface area contributed by atoms with Crippen molar-refractivity contribution in [1.82, 2.24) is 9.13 Å². The van der Waals surface area contributed by atoms with Crippen molar-refractivity contribution in [3.05, 3.63) is 28.4 Å². The Morgan fingerprint density at radius 3 is 1.35 bits per heavy atom. The fraction of sp³-hybridized carbons (Fsp3) is 0.364. The van der Waals surface area contributed by atoms with Crippen LogP contribution in [0.4, 0.5) is 0 Å². The van der Waals surface area contributed by atoms with Crippen molar-refractivity contribution in [3.63, 3.8) is 0 Å². The number of nitrogens with zero attached hydrogens (tertiary/aromatic N) is 2. The molecule has 1 aromatic carbocycles. The summed E-state index contributed by atoms with van der Waals surface area (Å²) in [5.74, 6) is 0. The highest BCUT2D eigenvalue weighted by Gasteiger charge is 2.26. The Labute approximate surface area is 148 Å². The molecule has 1 aromatic heterocycles. The van der Waals surface area contributed by atoms with Gasteiger partial charge in [-0.1, -0.05) is 0 Å². The van der Waals surface area contributed by atoms with Gasteiger partial charge < -0.3 is 10.2 Å². The van der Waals surface area contributed by atoms with E-state index in [1.54, 1.807) is 0 Å². The summed E-state index contributed by atoms with van der Waals surface area (Å²) in [6.07, 6.45) is -2.05. The van der Waals surface area contributed by atoms with E-state index in [0.717, 1.165) is 0 Å². The van der Waals surface area contributed by atoms with Crippen LogP contribution in [0, 0.1) is 0 Å². The van der Waals surface area contributed by atoms with Gasteiger partial charge in [-0.15, -0.1) is 0 Å². The molecule has 2 atom stereocenters. The number of halogens is 4. The molecule has 0 amide bonds.